The Bertz CT molecular complexity index is 567. The van der Waals surface area contributed by atoms with Crippen molar-refractivity contribution in [3.8, 4) is 0 Å². The summed E-state index contributed by atoms with van der Waals surface area (Å²) in [6.07, 6.45) is -0.754. The SMILES string of the molecule is Cc1cc(C)c(NC(=O)N2CC(O)C[C@H]2C(=O)O)c(Br)c1. The van der Waals surface area contributed by atoms with Crippen LogP contribution in [-0.2, 0) is 4.79 Å². The number of halogens is 1. The van der Waals surface area contributed by atoms with Crippen molar-refractivity contribution in [1.82, 2.24) is 4.90 Å². The van der Waals surface area contributed by atoms with Crippen LogP contribution >= 0.6 is 15.9 Å². The molecule has 114 valence electrons. The molecule has 2 rings (SSSR count). The number of carbonyl (C=O) groups is 2. The number of aliphatic carboxylic acids is 1. The lowest BCUT2D eigenvalue weighted by molar-refractivity contribution is -0.141. The lowest BCUT2D eigenvalue weighted by Crippen LogP contribution is -2.43. The van der Waals surface area contributed by atoms with Gasteiger partial charge in [0.1, 0.15) is 6.04 Å². The first kappa shape index (κ1) is 15.8. The number of carboxylic acid groups (broad SMARTS) is 1. The molecule has 3 N–H and O–H groups in total. The van der Waals surface area contributed by atoms with Gasteiger partial charge in [0.25, 0.3) is 0 Å². The second kappa shape index (κ2) is 6.03. The first-order chi connectivity index (χ1) is 9.79. The molecular weight excluding hydrogens is 340 g/mol. The van der Waals surface area contributed by atoms with Crippen LogP contribution in [0.5, 0.6) is 0 Å². The maximum Gasteiger partial charge on any atom is 0.326 e. The van der Waals surface area contributed by atoms with E-state index in [9.17, 15) is 14.7 Å². The number of anilines is 1. The van der Waals surface area contributed by atoms with Crippen LogP contribution in [0, 0.1) is 13.8 Å². The number of likely N-dealkylation sites (tertiary alicyclic amines) is 1. The highest BCUT2D eigenvalue weighted by Gasteiger charge is 2.39. The topological polar surface area (TPSA) is 89.9 Å². The molecule has 1 aliphatic rings. The van der Waals surface area contributed by atoms with Crippen molar-refractivity contribution in [3.63, 3.8) is 0 Å². The van der Waals surface area contributed by atoms with Crippen molar-refractivity contribution in [2.45, 2.75) is 32.4 Å². The van der Waals surface area contributed by atoms with Gasteiger partial charge in [-0.1, -0.05) is 6.07 Å². The van der Waals surface area contributed by atoms with E-state index in [4.69, 9.17) is 5.11 Å². The van der Waals surface area contributed by atoms with Gasteiger partial charge in [-0.25, -0.2) is 9.59 Å². The number of aliphatic hydroxyl groups is 1. The number of amides is 2. The molecule has 21 heavy (non-hydrogen) atoms. The highest BCUT2D eigenvalue weighted by molar-refractivity contribution is 9.10. The molecule has 0 aliphatic carbocycles. The number of β-amino-alcohol motifs (C(OH)–C–C–N with tert-alkyl or cyclic N) is 1. The fraction of sp³-hybridized carbons (Fsp3) is 0.429. The Morgan fingerprint density at radius 2 is 2.05 bits per heavy atom. The summed E-state index contributed by atoms with van der Waals surface area (Å²) in [6, 6.07) is 2.28. The van der Waals surface area contributed by atoms with Gasteiger partial charge in [0.15, 0.2) is 0 Å². The van der Waals surface area contributed by atoms with Crippen LogP contribution in [0.1, 0.15) is 17.5 Å². The minimum absolute atomic E-state index is 0.0192. The van der Waals surface area contributed by atoms with Gasteiger partial charge in [0.05, 0.1) is 11.8 Å². The third-order valence-corrected chi connectivity index (χ3v) is 4.11. The summed E-state index contributed by atoms with van der Waals surface area (Å²) >= 11 is 3.39. The maximum absolute atomic E-state index is 12.3. The van der Waals surface area contributed by atoms with E-state index in [0.717, 1.165) is 20.5 Å². The lowest BCUT2D eigenvalue weighted by Gasteiger charge is -2.22. The van der Waals surface area contributed by atoms with Gasteiger partial charge in [-0.15, -0.1) is 0 Å². The first-order valence-corrected chi connectivity index (χ1v) is 7.34. The Labute approximate surface area is 130 Å². The molecule has 1 saturated heterocycles. The van der Waals surface area contributed by atoms with Crippen LogP contribution in [0.4, 0.5) is 10.5 Å². The van der Waals surface area contributed by atoms with E-state index in [2.05, 4.69) is 21.2 Å². The number of hydrogen-bond acceptors (Lipinski definition) is 3. The number of carboxylic acids is 1. The van der Waals surface area contributed by atoms with Crippen LogP contribution in [-0.4, -0.2) is 45.8 Å². The van der Waals surface area contributed by atoms with Crippen LogP contribution in [0.25, 0.3) is 0 Å². The van der Waals surface area contributed by atoms with Gasteiger partial charge in [-0.3, -0.25) is 0 Å². The van der Waals surface area contributed by atoms with E-state index in [1.165, 1.54) is 0 Å². The molecule has 1 aliphatic heterocycles. The normalized spacial score (nSPS) is 21.4. The Kier molecular flexibility index (Phi) is 4.53. The summed E-state index contributed by atoms with van der Waals surface area (Å²) in [5, 5.41) is 21.4. The third-order valence-electron chi connectivity index (χ3n) is 3.49. The average Bonchev–Trinajstić information content (AvgIpc) is 2.76. The Morgan fingerprint density at radius 3 is 2.62 bits per heavy atom. The smallest absolute Gasteiger partial charge is 0.326 e. The number of carbonyl (C=O) groups excluding carboxylic acids is 1. The standard InChI is InChI=1S/C14H17BrN2O4/c1-7-3-8(2)12(10(15)4-7)16-14(21)17-6-9(18)5-11(17)13(19)20/h3-4,9,11,18H,5-6H2,1-2H3,(H,16,21)(H,19,20)/t9?,11-/m0/s1. The largest absolute Gasteiger partial charge is 0.480 e. The predicted octanol–water partition coefficient (Wildman–Crippen LogP) is 2.12. The van der Waals surface area contributed by atoms with E-state index < -0.39 is 24.1 Å². The molecule has 0 bridgehead atoms. The van der Waals surface area contributed by atoms with Crippen molar-refractivity contribution in [1.29, 1.82) is 0 Å². The van der Waals surface area contributed by atoms with Gasteiger partial charge >= 0.3 is 12.0 Å². The molecule has 0 aromatic heterocycles. The molecule has 1 aromatic rings. The highest BCUT2D eigenvalue weighted by Crippen LogP contribution is 2.29. The van der Waals surface area contributed by atoms with Gasteiger partial charge in [-0.2, -0.15) is 0 Å². The number of aliphatic hydroxyl groups excluding tert-OH is 1. The molecule has 6 nitrogen and oxygen atoms in total. The van der Waals surface area contributed by atoms with E-state index >= 15 is 0 Å². The number of nitrogens with zero attached hydrogens (tertiary/aromatic N) is 1. The molecule has 1 unspecified atom stereocenters. The van der Waals surface area contributed by atoms with Crippen molar-refractivity contribution >= 4 is 33.6 Å². The van der Waals surface area contributed by atoms with Crippen LogP contribution in [0.15, 0.2) is 16.6 Å². The second-order valence-corrected chi connectivity index (χ2v) is 6.12. The zero-order valence-corrected chi connectivity index (χ0v) is 13.3. The van der Waals surface area contributed by atoms with Crippen molar-refractivity contribution in [3.05, 3.63) is 27.7 Å². The number of aryl methyl sites for hydroxylation is 2. The summed E-state index contributed by atoms with van der Waals surface area (Å²) in [4.78, 5) is 24.6. The quantitative estimate of drug-likeness (QED) is 0.756. The lowest BCUT2D eigenvalue weighted by atomic mass is 10.1. The van der Waals surface area contributed by atoms with Crippen LogP contribution < -0.4 is 5.32 Å². The minimum Gasteiger partial charge on any atom is -0.480 e. The molecule has 1 fully saturated rings. The fourth-order valence-corrected chi connectivity index (χ4v) is 3.30. The Morgan fingerprint density at radius 1 is 1.38 bits per heavy atom. The highest BCUT2D eigenvalue weighted by atomic mass is 79.9. The van der Waals surface area contributed by atoms with E-state index in [0.29, 0.717) is 5.69 Å². The van der Waals surface area contributed by atoms with Crippen molar-refractivity contribution in [2.24, 2.45) is 0 Å². The van der Waals surface area contributed by atoms with Gasteiger partial charge in [0.2, 0.25) is 0 Å². The van der Waals surface area contributed by atoms with E-state index in [1.807, 2.05) is 26.0 Å². The number of benzene rings is 1. The molecule has 0 saturated carbocycles. The Balaban J connectivity index is 2.20. The van der Waals surface area contributed by atoms with Crippen LogP contribution in [0.3, 0.4) is 0 Å². The Hall–Kier alpha value is -1.60. The molecule has 2 amide bonds. The predicted molar refractivity (Wildman–Crippen MR) is 81.4 cm³/mol. The molecule has 0 spiro atoms. The van der Waals surface area contributed by atoms with E-state index in [-0.39, 0.29) is 13.0 Å². The second-order valence-electron chi connectivity index (χ2n) is 5.26. The fourth-order valence-electron chi connectivity index (χ4n) is 2.53. The first-order valence-electron chi connectivity index (χ1n) is 6.55. The van der Waals surface area contributed by atoms with Crippen LogP contribution in [0.2, 0.25) is 0 Å². The summed E-state index contributed by atoms with van der Waals surface area (Å²) in [7, 11) is 0. The summed E-state index contributed by atoms with van der Waals surface area (Å²) in [6.45, 7) is 3.83. The summed E-state index contributed by atoms with van der Waals surface area (Å²) in [5.41, 5.74) is 2.54. The molecule has 0 radical (unpaired) electrons. The van der Waals surface area contributed by atoms with Crippen molar-refractivity contribution in [2.75, 3.05) is 11.9 Å². The molecule has 1 heterocycles. The number of rotatable bonds is 2. The maximum atomic E-state index is 12.3. The summed E-state index contributed by atoms with van der Waals surface area (Å²) < 4.78 is 0.736. The zero-order valence-electron chi connectivity index (χ0n) is 11.8. The van der Waals surface area contributed by atoms with Gasteiger partial charge < -0.3 is 20.4 Å². The molecule has 2 atom stereocenters. The third kappa shape index (κ3) is 3.36. The minimum atomic E-state index is -1.11. The number of hydrogen-bond donors (Lipinski definition) is 3. The molecular formula is C14H17BrN2O4. The van der Waals surface area contributed by atoms with Gasteiger partial charge in [-0.05, 0) is 47.0 Å². The van der Waals surface area contributed by atoms with Gasteiger partial charge in [0, 0.05) is 17.4 Å². The average molecular weight is 357 g/mol. The molecule has 7 heteroatoms. The number of urea groups is 1. The van der Waals surface area contributed by atoms with Crippen molar-refractivity contribution < 1.29 is 19.8 Å². The zero-order chi connectivity index (χ0) is 15.7. The molecule has 1 aromatic carbocycles. The van der Waals surface area contributed by atoms with E-state index in [1.54, 1.807) is 0 Å². The monoisotopic (exact) mass is 356 g/mol. The number of nitrogens with one attached hydrogen (secondary N) is 1. The summed E-state index contributed by atoms with van der Waals surface area (Å²) in [5.74, 6) is -1.11.